The van der Waals surface area contributed by atoms with E-state index in [4.69, 9.17) is 19.9 Å². The van der Waals surface area contributed by atoms with Crippen molar-refractivity contribution in [1.82, 2.24) is 24.5 Å². The quantitative estimate of drug-likeness (QED) is 0.160. The second-order valence-corrected chi connectivity index (χ2v) is 14.2. The number of benzene rings is 8. The Balaban J connectivity index is 1.14. The van der Waals surface area contributed by atoms with Gasteiger partial charge in [0, 0.05) is 54.9 Å². The summed E-state index contributed by atoms with van der Waals surface area (Å²) in [6.45, 7) is 0. The molecule has 0 amide bonds. The van der Waals surface area contributed by atoms with Crippen LogP contribution in [-0.2, 0) is 0 Å². The average molecular weight is 728 g/mol. The first-order valence-corrected chi connectivity index (χ1v) is 19.1. The highest BCUT2D eigenvalue weighted by atomic mass is 15.0. The van der Waals surface area contributed by atoms with E-state index in [1.54, 1.807) is 0 Å². The summed E-state index contributed by atoms with van der Waals surface area (Å²) >= 11 is 0. The lowest BCUT2D eigenvalue weighted by Crippen LogP contribution is -2.00. The molecule has 0 radical (unpaired) electrons. The Morgan fingerprint density at radius 3 is 1.51 bits per heavy atom. The first-order chi connectivity index (χ1) is 28.3. The second-order valence-electron chi connectivity index (χ2n) is 14.2. The molecule has 3 heterocycles. The van der Waals surface area contributed by atoms with Crippen LogP contribution in [0.1, 0.15) is 0 Å². The molecule has 57 heavy (non-hydrogen) atoms. The number of fused-ring (bicyclic) bond motifs is 7. The summed E-state index contributed by atoms with van der Waals surface area (Å²) in [7, 11) is 0. The van der Waals surface area contributed by atoms with E-state index in [2.05, 4.69) is 144 Å². The molecule has 0 saturated carbocycles. The van der Waals surface area contributed by atoms with Gasteiger partial charge in [-0.15, -0.1) is 0 Å². The van der Waals surface area contributed by atoms with Crippen molar-refractivity contribution in [3.8, 4) is 62.2 Å². The summed E-state index contributed by atoms with van der Waals surface area (Å²) in [4.78, 5) is 20.2. The number of pyridine rings is 1. The summed E-state index contributed by atoms with van der Waals surface area (Å²) < 4.78 is 2.40. The van der Waals surface area contributed by atoms with Crippen molar-refractivity contribution < 1.29 is 0 Å². The SMILES string of the molecule is c1ccc(-c2nc(-c3ccccc3)nc(-c3cccc(-c4ccc5c6c7c(ccc6n(-c6ccccc6)c5c4)c(-c4ccccc4)nc4ccccc47)c3)n2)cc1. The van der Waals surface area contributed by atoms with Crippen molar-refractivity contribution in [1.29, 1.82) is 0 Å². The highest BCUT2D eigenvalue weighted by Gasteiger charge is 2.20. The van der Waals surface area contributed by atoms with Gasteiger partial charge < -0.3 is 4.57 Å². The molecule has 0 bridgehead atoms. The van der Waals surface area contributed by atoms with E-state index in [-0.39, 0.29) is 0 Å². The normalized spacial score (nSPS) is 11.5. The van der Waals surface area contributed by atoms with Crippen LogP contribution < -0.4 is 0 Å². The molecule has 0 atom stereocenters. The molecule has 8 aromatic carbocycles. The zero-order valence-electron chi connectivity index (χ0n) is 30.8. The highest BCUT2D eigenvalue weighted by Crippen LogP contribution is 2.43. The molecule has 0 fully saturated rings. The van der Waals surface area contributed by atoms with Gasteiger partial charge in [0.25, 0.3) is 0 Å². The number of nitrogens with zero attached hydrogens (tertiary/aromatic N) is 5. The monoisotopic (exact) mass is 727 g/mol. The van der Waals surface area contributed by atoms with Crippen LogP contribution in [0.15, 0.2) is 200 Å². The zero-order valence-corrected chi connectivity index (χ0v) is 30.8. The van der Waals surface area contributed by atoms with Crippen LogP contribution in [0.4, 0.5) is 0 Å². The van der Waals surface area contributed by atoms with Crippen molar-refractivity contribution >= 4 is 43.5 Å². The third kappa shape index (κ3) is 5.64. The lowest BCUT2D eigenvalue weighted by atomic mass is 9.95. The van der Waals surface area contributed by atoms with Gasteiger partial charge in [-0.2, -0.15) is 0 Å². The van der Waals surface area contributed by atoms with Crippen molar-refractivity contribution in [2.75, 3.05) is 0 Å². The van der Waals surface area contributed by atoms with Crippen LogP contribution in [0.2, 0.25) is 0 Å². The van der Waals surface area contributed by atoms with Gasteiger partial charge in [-0.05, 0) is 47.5 Å². The van der Waals surface area contributed by atoms with Crippen LogP contribution >= 0.6 is 0 Å². The van der Waals surface area contributed by atoms with Gasteiger partial charge in [0.05, 0.1) is 22.2 Å². The molecule has 11 rings (SSSR count). The van der Waals surface area contributed by atoms with Crippen molar-refractivity contribution in [2.45, 2.75) is 0 Å². The van der Waals surface area contributed by atoms with E-state index in [0.717, 1.165) is 72.1 Å². The molecule has 0 aliphatic heterocycles. The molecule has 266 valence electrons. The third-order valence-electron chi connectivity index (χ3n) is 10.8. The number of para-hydroxylation sites is 2. The van der Waals surface area contributed by atoms with Gasteiger partial charge in [-0.25, -0.2) is 19.9 Å². The minimum Gasteiger partial charge on any atom is -0.309 e. The summed E-state index contributed by atoms with van der Waals surface area (Å²) in [5.41, 5.74) is 11.5. The molecule has 0 aliphatic carbocycles. The van der Waals surface area contributed by atoms with E-state index in [1.807, 2.05) is 60.7 Å². The predicted molar refractivity (Wildman–Crippen MR) is 234 cm³/mol. The van der Waals surface area contributed by atoms with Crippen molar-refractivity contribution in [3.05, 3.63) is 200 Å². The molecule has 0 saturated heterocycles. The Bertz CT molecular complexity index is 3210. The van der Waals surface area contributed by atoms with E-state index in [0.29, 0.717) is 17.5 Å². The second kappa shape index (κ2) is 13.5. The molecule has 3 aromatic heterocycles. The topological polar surface area (TPSA) is 56.5 Å². The minimum absolute atomic E-state index is 0.630. The Morgan fingerprint density at radius 1 is 0.298 bits per heavy atom. The Kier molecular flexibility index (Phi) is 7.74. The molecule has 5 nitrogen and oxygen atoms in total. The van der Waals surface area contributed by atoms with Gasteiger partial charge in [0.1, 0.15) is 0 Å². The summed E-state index contributed by atoms with van der Waals surface area (Å²) in [6, 6.07) is 69.8. The van der Waals surface area contributed by atoms with Crippen LogP contribution in [0.25, 0.3) is 106 Å². The molecule has 11 aromatic rings. The van der Waals surface area contributed by atoms with Gasteiger partial charge in [-0.1, -0.05) is 164 Å². The maximum Gasteiger partial charge on any atom is 0.164 e. The van der Waals surface area contributed by atoms with Crippen molar-refractivity contribution in [2.24, 2.45) is 0 Å². The van der Waals surface area contributed by atoms with Gasteiger partial charge >= 0.3 is 0 Å². The van der Waals surface area contributed by atoms with Crippen LogP contribution in [0, 0.1) is 0 Å². The molecule has 0 aliphatic rings. The summed E-state index contributed by atoms with van der Waals surface area (Å²) in [5.74, 6) is 1.92. The Labute approximate surface area is 329 Å². The van der Waals surface area contributed by atoms with Crippen molar-refractivity contribution in [3.63, 3.8) is 0 Å². The maximum atomic E-state index is 5.24. The van der Waals surface area contributed by atoms with E-state index < -0.39 is 0 Å². The molecular weight excluding hydrogens is 695 g/mol. The maximum absolute atomic E-state index is 5.24. The molecule has 0 unspecified atom stereocenters. The number of hydrogen-bond acceptors (Lipinski definition) is 4. The fourth-order valence-electron chi connectivity index (χ4n) is 8.18. The smallest absolute Gasteiger partial charge is 0.164 e. The Hall–Kier alpha value is -7.76. The average Bonchev–Trinajstić information content (AvgIpc) is 3.63. The first-order valence-electron chi connectivity index (χ1n) is 19.1. The van der Waals surface area contributed by atoms with Crippen LogP contribution in [-0.4, -0.2) is 24.5 Å². The number of aromatic nitrogens is 5. The first kappa shape index (κ1) is 32.7. The van der Waals surface area contributed by atoms with E-state index >= 15 is 0 Å². The minimum atomic E-state index is 0.630. The Morgan fingerprint density at radius 2 is 0.825 bits per heavy atom. The molecule has 0 spiro atoms. The number of rotatable bonds is 6. The van der Waals surface area contributed by atoms with E-state index in [9.17, 15) is 0 Å². The molecule has 5 heteroatoms. The number of hydrogen-bond donors (Lipinski definition) is 0. The fraction of sp³-hybridized carbons (Fsp3) is 0. The lowest BCUT2D eigenvalue weighted by molar-refractivity contribution is 1.07. The van der Waals surface area contributed by atoms with Crippen LogP contribution in [0.3, 0.4) is 0 Å². The van der Waals surface area contributed by atoms with E-state index in [1.165, 1.54) is 16.2 Å². The lowest BCUT2D eigenvalue weighted by Gasteiger charge is -2.12. The van der Waals surface area contributed by atoms with Gasteiger partial charge in [-0.3, -0.25) is 0 Å². The standard InChI is InChI=1S/C52H33N5/c1-5-16-34(17-6-1)49-43-30-31-45-48(47(43)41-26-13-14-27-44(41)53-49)42-29-28-38(33-46(42)57(45)40-24-11-4-12-25-40)37-22-15-23-39(32-37)52-55-50(35-18-7-2-8-19-35)54-51(56-52)36-20-9-3-10-21-36/h1-33H. The predicted octanol–water partition coefficient (Wildman–Crippen LogP) is 13.0. The molecular formula is C52H33N5. The summed E-state index contributed by atoms with van der Waals surface area (Å²) in [5, 5.41) is 5.90. The third-order valence-corrected chi connectivity index (χ3v) is 10.8. The highest BCUT2D eigenvalue weighted by molar-refractivity contribution is 6.29. The zero-order chi connectivity index (χ0) is 37.7. The van der Waals surface area contributed by atoms with Gasteiger partial charge in [0.2, 0.25) is 0 Å². The largest absolute Gasteiger partial charge is 0.309 e. The van der Waals surface area contributed by atoms with Crippen LogP contribution in [0.5, 0.6) is 0 Å². The fourth-order valence-corrected chi connectivity index (χ4v) is 8.18. The molecule has 0 N–H and O–H groups in total. The summed E-state index contributed by atoms with van der Waals surface area (Å²) in [6.07, 6.45) is 0. The van der Waals surface area contributed by atoms with Gasteiger partial charge in [0.15, 0.2) is 17.5 Å².